The van der Waals surface area contributed by atoms with Gasteiger partial charge in [0.25, 0.3) is 0 Å². The third-order valence-corrected chi connectivity index (χ3v) is 3.11. The third-order valence-electron chi connectivity index (χ3n) is 3.00. The van der Waals surface area contributed by atoms with Crippen molar-refractivity contribution in [2.45, 2.75) is 31.4 Å². The van der Waals surface area contributed by atoms with Gasteiger partial charge in [-0.3, -0.25) is 0 Å². The number of hydrogen-bond acceptors (Lipinski definition) is 3. The van der Waals surface area contributed by atoms with Crippen LogP contribution in [0.25, 0.3) is 0 Å². The standard InChI is InChI=1S/C8H11NOS/c10-8-3-5-1-6(8)2-7(5)9-4-11/h5-8,10H,1-3H2/t5-,6-,7+,8-/m0/s1. The number of fused-ring (bicyclic) bond motifs is 2. The third kappa shape index (κ3) is 1.13. The molecule has 0 radical (unpaired) electrons. The molecule has 0 aromatic carbocycles. The highest BCUT2D eigenvalue weighted by molar-refractivity contribution is 7.78. The average molecular weight is 169 g/mol. The first-order chi connectivity index (χ1) is 5.31. The number of aliphatic imine (C=N–C) groups is 1. The molecule has 2 aliphatic rings. The minimum atomic E-state index is -0.0587. The van der Waals surface area contributed by atoms with Crippen molar-refractivity contribution in [2.75, 3.05) is 0 Å². The van der Waals surface area contributed by atoms with E-state index in [9.17, 15) is 5.11 Å². The van der Waals surface area contributed by atoms with Crippen molar-refractivity contribution in [2.24, 2.45) is 16.8 Å². The molecule has 3 heteroatoms. The smallest absolute Gasteiger partial charge is 0.0635 e. The van der Waals surface area contributed by atoms with Crippen LogP contribution in [0.15, 0.2) is 4.99 Å². The van der Waals surface area contributed by atoms with Crippen molar-refractivity contribution < 1.29 is 5.11 Å². The molecule has 60 valence electrons. The van der Waals surface area contributed by atoms with Crippen LogP contribution in [-0.4, -0.2) is 22.4 Å². The molecule has 0 aromatic rings. The Morgan fingerprint density at radius 2 is 2.09 bits per heavy atom. The summed E-state index contributed by atoms with van der Waals surface area (Å²) < 4.78 is 0. The summed E-state index contributed by atoms with van der Waals surface area (Å²) >= 11 is 4.55. The Morgan fingerprint density at radius 1 is 1.27 bits per heavy atom. The molecule has 0 heterocycles. The molecule has 1 N–H and O–H groups in total. The molecule has 0 aliphatic heterocycles. The van der Waals surface area contributed by atoms with Crippen LogP contribution in [0.1, 0.15) is 19.3 Å². The fraction of sp³-hybridized carbons (Fsp3) is 0.875. The molecule has 2 rings (SSSR count). The zero-order valence-corrected chi connectivity index (χ0v) is 7.05. The Bertz CT molecular complexity index is 210. The van der Waals surface area contributed by atoms with E-state index in [0.717, 1.165) is 19.3 Å². The Kier molecular flexibility index (Phi) is 1.80. The molecule has 0 saturated heterocycles. The Hall–Kier alpha value is -0.240. The molecule has 2 aliphatic carbocycles. The number of aliphatic hydroxyl groups excluding tert-OH is 1. The fourth-order valence-corrected chi connectivity index (χ4v) is 2.58. The maximum absolute atomic E-state index is 9.42. The maximum Gasteiger partial charge on any atom is 0.0635 e. The quantitative estimate of drug-likeness (QED) is 0.473. The second kappa shape index (κ2) is 2.67. The molecule has 2 nitrogen and oxygen atoms in total. The van der Waals surface area contributed by atoms with E-state index < -0.39 is 0 Å². The van der Waals surface area contributed by atoms with Crippen LogP contribution >= 0.6 is 12.2 Å². The van der Waals surface area contributed by atoms with E-state index in [1.807, 2.05) is 0 Å². The van der Waals surface area contributed by atoms with Crippen molar-refractivity contribution in [1.29, 1.82) is 0 Å². The first-order valence-corrected chi connectivity index (χ1v) is 4.47. The molecule has 2 fully saturated rings. The summed E-state index contributed by atoms with van der Waals surface area (Å²) in [4.78, 5) is 4.09. The number of thiocarbonyl (C=S) groups is 1. The SMILES string of the molecule is O[C@H]1C[C@@H]2C[C@H]1C[C@H]2N=C=S. The van der Waals surface area contributed by atoms with Crippen LogP contribution in [0.2, 0.25) is 0 Å². The Morgan fingerprint density at radius 3 is 2.55 bits per heavy atom. The number of hydrogen-bond donors (Lipinski definition) is 1. The summed E-state index contributed by atoms with van der Waals surface area (Å²) in [6.45, 7) is 0. The van der Waals surface area contributed by atoms with Crippen LogP contribution in [-0.2, 0) is 0 Å². The number of rotatable bonds is 1. The monoisotopic (exact) mass is 169 g/mol. The van der Waals surface area contributed by atoms with Crippen LogP contribution in [0.5, 0.6) is 0 Å². The zero-order valence-electron chi connectivity index (χ0n) is 6.23. The molecule has 0 amide bonds. The van der Waals surface area contributed by atoms with Crippen LogP contribution in [0.4, 0.5) is 0 Å². The van der Waals surface area contributed by atoms with E-state index in [4.69, 9.17) is 0 Å². The van der Waals surface area contributed by atoms with E-state index in [2.05, 4.69) is 22.4 Å². The van der Waals surface area contributed by atoms with Gasteiger partial charge in [-0.1, -0.05) is 0 Å². The highest BCUT2D eigenvalue weighted by Crippen LogP contribution is 2.45. The van der Waals surface area contributed by atoms with E-state index in [1.54, 1.807) is 0 Å². The lowest BCUT2D eigenvalue weighted by atomic mass is 9.94. The lowest BCUT2D eigenvalue weighted by Gasteiger charge is -2.20. The number of aliphatic hydroxyl groups is 1. The second-order valence-corrected chi connectivity index (χ2v) is 3.76. The fourth-order valence-electron chi connectivity index (χ4n) is 2.44. The normalized spacial score (nSPS) is 47.4. The molecule has 0 spiro atoms. The van der Waals surface area contributed by atoms with Gasteiger partial charge in [0.15, 0.2) is 0 Å². The molecule has 0 aromatic heterocycles. The minimum absolute atomic E-state index is 0.0587. The van der Waals surface area contributed by atoms with Gasteiger partial charge in [0.2, 0.25) is 0 Å². The van der Waals surface area contributed by atoms with Crippen molar-refractivity contribution in [3.8, 4) is 0 Å². The van der Waals surface area contributed by atoms with Gasteiger partial charge in [-0.25, -0.2) is 4.99 Å². The minimum Gasteiger partial charge on any atom is -0.393 e. The molecule has 2 bridgehead atoms. The van der Waals surface area contributed by atoms with Crippen LogP contribution < -0.4 is 0 Å². The number of nitrogens with zero attached hydrogens (tertiary/aromatic N) is 1. The molecule has 0 unspecified atom stereocenters. The Balaban J connectivity index is 2.08. The average Bonchev–Trinajstić information content (AvgIpc) is 2.47. The first kappa shape index (κ1) is 7.41. The van der Waals surface area contributed by atoms with Gasteiger partial charge >= 0.3 is 0 Å². The van der Waals surface area contributed by atoms with Gasteiger partial charge in [-0.15, -0.1) is 0 Å². The summed E-state index contributed by atoms with van der Waals surface area (Å²) in [7, 11) is 0. The van der Waals surface area contributed by atoms with Gasteiger partial charge in [0.1, 0.15) is 0 Å². The number of isothiocyanates is 1. The summed E-state index contributed by atoms with van der Waals surface area (Å²) in [6.07, 6.45) is 3.04. The summed E-state index contributed by atoms with van der Waals surface area (Å²) in [5.41, 5.74) is 0. The largest absolute Gasteiger partial charge is 0.393 e. The zero-order chi connectivity index (χ0) is 7.84. The van der Waals surface area contributed by atoms with Crippen molar-refractivity contribution in [1.82, 2.24) is 0 Å². The van der Waals surface area contributed by atoms with E-state index in [1.165, 1.54) is 0 Å². The van der Waals surface area contributed by atoms with Gasteiger partial charge in [0.05, 0.1) is 17.3 Å². The molecule has 11 heavy (non-hydrogen) atoms. The van der Waals surface area contributed by atoms with E-state index in [0.29, 0.717) is 17.9 Å². The maximum atomic E-state index is 9.42. The predicted octanol–water partition coefficient (Wildman–Crippen LogP) is 1.25. The van der Waals surface area contributed by atoms with Gasteiger partial charge in [-0.05, 0) is 43.3 Å². The topological polar surface area (TPSA) is 32.6 Å². The van der Waals surface area contributed by atoms with E-state index >= 15 is 0 Å². The van der Waals surface area contributed by atoms with Gasteiger partial charge in [-0.2, -0.15) is 0 Å². The van der Waals surface area contributed by atoms with Crippen LogP contribution in [0.3, 0.4) is 0 Å². The molecular weight excluding hydrogens is 158 g/mol. The first-order valence-electron chi connectivity index (χ1n) is 4.06. The lowest BCUT2D eigenvalue weighted by Crippen LogP contribution is -2.23. The molecule has 2 saturated carbocycles. The second-order valence-electron chi connectivity index (χ2n) is 3.58. The van der Waals surface area contributed by atoms with Crippen molar-refractivity contribution in [3.63, 3.8) is 0 Å². The molecular formula is C8H11NOS. The summed E-state index contributed by atoms with van der Waals surface area (Å²) in [5, 5.41) is 11.9. The van der Waals surface area contributed by atoms with Crippen molar-refractivity contribution in [3.05, 3.63) is 0 Å². The lowest BCUT2D eigenvalue weighted by molar-refractivity contribution is 0.108. The molecule has 4 atom stereocenters. The van der Waals surface area contributed by atoms with Gasteiger partial charge < -0.3 is 5.11 Å². The summed E-state index contributed by atoms with van der Waals surface area (Å²) in [5.74, 6) is 1.09. The van der Waals surface area contributed by atoms with Gasteiger partial charge in [0, 0.05) is 0 Å². The predicted molar refractivity (Wildman–Crippen MR) is 45.7 cm³/mol. The highest BCUT2D eigenvalue weighted by Gasteiger charge is 2.44. The van der Waals surface area contributed by atoms with Crippen LogP contribution in [0, 0.1) is 11.8 Å². The Labute approximate surface area is 71.3 Å². The summed E-state index contributed by atoms with van der Waals surface area (Å²) in [6, 6.07) is 0.376. The van der Waals surface area contributed by atoms with E-state index in [-0.39, 0.29) is 6.10 Å². The van der Waals surface area contributed by atoms with Crippen molar-refractivity contribution >= 4 is 17.4 Å². The highest BCUT2D eigenvalue weighted by atomic mass is 32.1.